The molecule has 0 spiro atoms. The first kappa shape index (κ1) is 36.5. The van der Waals surface area contributed by atoms with Gasteiger partial charge in [0.25, 0.3) is 0 Å². The Kier molecular flexibility index (Phi) is 9.37. The number of nitrogens with zero attached hydrogens (tertiary/aromatic N) is 1. The first-order valence-electron chi connectivity index (χ1n) is 20.6. The van der Waals surface area contributed by atoms with Crippen LogP contribution in [0.1, 0.15) is 96.3 Å². The van der Waals surface area contributed by atoms with Crippen LogP contribution in [-0.2, 0) is 10.8 Å². The predicted octanol–water partition coefficient (Wildman–Crippen LogP) is 16.7. The number of anilines is 3. The Morgan fingerprint density at radius 3 is 1.89 bits per heavy atom. The van der Waals surface area contributed by atoms with Gasteiger partial charge in [-0.25, -0.2) is 0 Å². The van der Waals surface area contributed by atoms with E-state index in [0.29, 0.717) is 5.92 Å². The van der Waals surface area contributed by atoms with E-state index in [-0.39, 0.29) is 10.8 Å². The molecule has 7 aromatic carbocycles. The molecule has 0 amide bonds. The molecule has 0 N–H and O–H groups in total. The lowest BCUT2D eigenvalue weighted by Crippen LogP contribution is -2.19. The molecule has 8 aromatic rings. The molecule has 1 heterocycles. The van der Waals surface area contributed by atoms with Gasteiger partial charge in [0.15, 0.2) is 0 Å². The molecule has 9 rings (SSSR count). The molecule has 0 atom stereocenters. The molecule has 1 fully saturated rings. The Labute approximate surface area is 337 Å². The molecule has 0 bridgehead atoms. The number of fused-ring (bicyclic) bond motifs is 4. The standard InChI is InChI=1S/C54H53NS/c1-53(2,3)39-33-40(54(4,5)6)35-42(34-39)55(41-23-14-22-38(32-41)44-27-17-31-50-52(44)47-25-11-13-30-49(47)56-50)48-29-12-10-24-45(48)46-28-16-21-37-20-15-26-43(51(37)46)36-18-8-7-9-19-36/h10-17,20-36H,7-9,18-19H2,1-6H3. The summed E-state index contributed by atoms with van der Waals surface area (Å²) in [6.07, 6.45) is 6.54. The smallest absolute Gasteiger partial charge is 0.0540 e. The van der Waals surface area contributed by atoms with Crippen molar-refractivity contribution in [1.29, 1.82) is 0 Å². The maximum atomic E-state index is 2.55. The fourth-order valence-electron chi connectivity index (χ4n) is 9.11. The average molecular weight is 748 g/mol. The second-order valence-corrected chi connectivity index (χ2v) is 19.1. The quantitative estimate of drug-likeness (QED) is 0.164. The Bertz CT molecular complexity index is 2670. The fourth-order valence-corrected chi connectivity index (χ4v) is 10.2. The number of thiophene rings is 1. The van der Waals surface area contributed by atoms with Gasteiger partial charge < -0.3 is 4.90 Å². The van der Waals surface area contributed by atoms with Gasteiger partial charge in [-0.1, -0.05) is 164 Å². The number of rotatable bonds is 6. The lowest BCUT2D eigenvalue weighted by atomic mass is 9.80. The van der Waals surface area contributed by atoms with E-state index in [1.165, 1.54) is 113 Å². The highest BCUT2D eigenvalue weighted by Gasteiger charge is 2.26. The number of benzene rings is 7. The van der Waals surface area contributed by atoms with Gasteiger partial charge in [0.1, 0.15) is 0 Å². The summed E-state index contributed by atoms with van der Waals surface area (Å²) in [6.45, 7) is 14.0. The lowest BCUT2D eigenvalue weighted by Gasteiger charge is -2.33. The maximum absolute atomic E-state index is 2.55. The van der Waals surface area contributed by atoms with Crippen LogP contribution in [-0.4, -0.2) is 0 Å². The summed E-state index contributed by atoms with van der Waals surface area (Å²) in [5, 5.41) is 5.41. The van der Waals surface area contributed by atoms with Crippen LogP contribution in [0.25, 0.3) is 53.2 Å². The van der Waals surface area contributed by atoms with Crippen molar-refractivity contribution in [3.8, 4) is 22.3 Å². The first-order valence-corrected chi connectivity index (χ1v) is 21.4. The van der Waals surface area contributed by atoms with Gasteiger partial charge in [0.05, 0.1) is 5.69 Å². The molecule has 1 nitrogen and oxygen atoms in total. The van der Waals surface area contributed by atoms with E-state index in [2.05, 4.69) is 192 Å². The summed E-state index contributed by atoms with van der Waals surface area (Å²) in [6, 6.07) is 55.4. The van der Waals surface area contributed by atoms with Crippen molar-refractivity contribution < 1.29 is 0 Å². The molecule has 1 aromatic heterocycles. The molecule has 1 saturated carbocycles. The van der Waals surface area contributed by atoms with Crippen molar-refractivity contribution in [2.75, 3.05) is 4.90 Å². The van der Waals surface area contributed by atoms with Crippen LogP contribution < -0.4 is 4.90 Å². The molecule has 2 heteroatoms. The Morgan fingerprint density at radius 1 is 0.500 bits per heavy atom. The molecule has 0 unspecified atom stereocenters. The normalized spacial score (nSPS) is 14.2. The van der Waals surface area contributed by atoms with Crippen LogP contribution >= 0.6 is 11.3 Å². The van der Waals surface area contributed by atoms with Gasteiger partial charge >= 0.3 is 0 Å². The molecule has 1 aliphatic carbocycles. The highest BCUT2D eigenvalue weighted by molar-refractivity contribution is 7.25. The summed E-state index contributed by atoms with van der Waals surface area (Å²) in [4.78, 5) is 2.55. The summed E-state index contributed by atoms with van der Waals surface area (Å²) in [7, 11) is 0. The van der Waals surface area contributed by atoms with Crippen LogP contribution in [0.3, 0.4) is 0 Å². The summed E-state index contributed by atoms with van der Waals surface area (Å²) in [5.74, 6) is 0.599. The van der Waals surface area contributed by atoms with Gasteiger partial charge in [-0.2, -0.15) is 0 Å². The van der Waals surface area contributed by atoms with Gasteiger partial charge in [0.2, 0.25) is 0 Å². The van der Waals surface area contributed by atoms with Crippen molar-refractivity contribution in [1.82, 2.24) is 0 Å². The van der Waals surface area contributed by atoms with Gasteiger partial charge in [-0.3, -0.25) is 0 Å². The Balaban J connectivity index is 1.31. The monoisotopic (exact) mass is 747 g/mol. The average Bonchev–Trinajstić information content (AvgIpc) is 3.60. The summed E-state index contributed by atoms with van der Waals surface area (Å²) < 4.78 is 2.66. The SMILES string of the molecule is CC(C)(C)c1cc(N(c2cccc(-c3cccc4sc5ccccc5c34)c2)c2ccccc2-c2cccc3cccc(C4CCCCC4)c23)cc(C(C)(C)C)c1. The third-order valence-electron chi connectivity index (χ3n) is 12.1. The van der Waals surface area contributed by atoms with Crippen LogP contribution in [0.4, 0.5) is 17.1 Å². The maximum Gasteiger partial charge on any atom is 0.0540 e. The minimum atomic E-state index is -0.0246. The van der Waals surface area contributed by atoms with Crippen molar-refractivity contribution in [2.45, 2.75) is 90.4 Å². The minimum absolute atomic E-state index is 0.0246. The minimum Gasteiger partial charge on any atom is -0.310 e. The zero-order valence-corrected chi connectivity index (χ0v) is 34.6. The van der Waals surface area contributed by atoms with Crippen LogP contribution in [0, 0.1) is 0 Å². The Morgan fingerprint density at radius 2 is 1.12 bits per heavy atom. The van der Waals surface area contributed by atoms with Crippen molar-refractivity contribution in [3.63, 3.8) is 0 Å². The van der Waals surface area contributed by atoms with E-state index in [1.807, 2.05) is 11.3 Å². The predicted molar refractivity (Wildman–Crippen MR) is 246 cm³/mol. The largest absolute Gasteiger partial charge is 0.310 e. The topological polar surface area (TPSA) is 3.24 Å². The third-order valence-corrected chi connectivity index (χ3v) is 13.3. The molecular weight excluding hydrogens is 695 g/mol. The fraction of sp³-hybridized carbons (Fsp3) is 0.259. The molecule has 280 valence electrons. The molecule has 0 saturated heterocycles. The van der Waals surface area contributed by atoms with E-state index in [1.54, 1.807) is 0 Å². The second kappa shape index (κ2) is 14.4. The van der Waals surface area contributed by atoms with E-state index >= 15 is 0 Å². The second-order valence-electron chi connectivity index (χ2n) is 18.0. The third kappa shape index (κ3) is 6.73. The van der Waals surface area contributed by atoms with E-state index in [9.17, 15) is 0 Å². The zero-order valence-electron chi connectivity index (χ0n) is 33.8. The molecule has 0 aliphatic heterocycles. The van der Waals surface area contributed by atoms with Crippen LogP contribution in [0.15, 0.2) is 146 Å². The summed E-state index contributed by atoms with van der Waals surface area (Å²) >= 11 is 1.88. The van der Waals surface area contributed by atoms with Gasteiger partial charge in [-0.05, 0) is 116 Å². The number of hydrogen-bond donors (Lipinski definition) is 0. The first-order chi connectivity index (χ1) is 27.0. The van der Waals surface area contributed by atoms with Gasteiger partial charge in [0, 0.05) is 37.1 Å². The highest BCUT2D eigenvalue weighted by atomic mass is 32.1. The summed E-state index contributed by atoms with van der Waals surface area (Å²) in [5.41, 5.74) is 12.8. The molecule has 0 radical (unpaired) electrons. The molecule has 56 heavy (non-hydrogen) atoms. The van der Waals surface area contributed by atoms with E-state index < -0.39 is 0 Å². The highest BCUT2D eigenvalue weighted by Crippen LogP contribution is 2.48. The molecular formula is C54H53NS. The van der Waals surface area contributed by atoms with Crippen molar-refractivity contribution in [3.05, 3.63) is 162 Å². The van der Waals surface area contributed by atoms with Crippen LogP contribution in [0.2, 0.25) is 0 Å². The lowest BCUT2D eigenvalue weighted by molar-refractivity contribution is 0.445. The van der Waals surface area contributed by atoms with Gasteiger partial charge in [-0.15, -0.1) is 11.3 Å². The van der Waals surface area contributed by atoms with Crippen molar-refractivity contribution in [2.24, 2.45) is 0 Å². The number of hydrogen-bond acceptors (Lipinski definition) is 2. The number of para-hydroxylation sites is 1. The van der Waals surface area contributed by atoms with E-state index in [0.717, 1.165) is 5.69 Å². The van der Waals surface area contributed by atoms with Crippen LogP contribution in [0.5, 0.6) is 0 Å². The Hall–Kier alpha value is -5.18. The zero-order chi connectivity index (χ0) is 38.6. The van der Waals surface area contributed by atoms with E-state index in [4.69, 9.17) is 0 Å². The molecule has 1 aliphatic rings. The van der Waals surface area contributed by atoms with Crippen molar-refractivity contribution >= 4 is 59.3 Å².